The molecule has 0 amide bonds. The molecule has 6 aromatic carbocycles. The number of rotatable bonds is 6. The van der Waals surface area contributed by atoms with Crippen molar-refractivity contribution in [3.63, 3.8) is 0 Å². The molecule has 0 saturated heterocycles. The molecule has 5 nitrogen and oxygen atoms in total. The molecule has 0 saturated carbocycles. The highest BCUT2D eigenvalue weighted by molar-refractivity contribution is 6.17. The number of nitrogens with zero attached hydrogens (tertiary/aromatic N) is 5. The van der Waals surface area contributed by atoms with Gasteiger partial charge >= 0.3 is 0 Å². The lowest BCUT2D eigenvalue weighted by molar-refractivity contribution is 1.17. The molecule has 11 rings (SSSR count). The SMILES string of the molecule is c1ccc(-n2c3cc(-c4cccc5c4c4ccccc4n5-c4cccc(-c5cc(-c6ccccn6)cc(-c6ccccn6)c5)c4)ccc3c3ncccc32)cc1. The first-order valence-electron chi connectivity index (χ1n) is 18.8. The molecule has 0 radical (unpaired) electrons. The van der Waals surface area contributed by atoms with Gasteiger partial charge in [0.2, 0.25) is 0 Å². The summed E-state index contributed by atoms with van der Waals surface area (Å²) >= 11 is 0. The molecule has 0 spiro atoms. The largest absolute Gasteiger partial charge is 0.309 e. The van der Waals surface area contributed by atoms with Gasteiger partial charge in [-0.05, 0) is 125 Å². The summed E-state index contributed by atoms with van der Waals surface area (Å²) in [6.45, 7) is 0. The zero-order chi connectivity index (χ0) is 37.0. The standard InChI is InChI=1S/C51H33N5/c1-2-14-39(15-3-1)55-48-23-12-28-54-51(48)43-25-24-35(33-49(43)55)41-18-11-22-47-50(41)42-17-4-5-21-46(42)56(47)40-16-10-13-34(32-40)36-29-37(44-19-6-8-26-52-44)31-38(30-36)45-20-7-9-27-53-45/h1-33H. The molecule has 0 aliphatic heterocycles. The first-order chi connectivity index (χ1) is 27.8. The van der Waals surface area contributed by atoms with Crippen LogP contribution in [0.25, 0.3) is 99.9 Å². The van der Waals surface area contributed by atoms with E-state index in [2.05, 4.69) is 161 Å². The van der Waals surface area contributed by atoms with Gasteiger partial charge in [0.1, 0.15) is 0 Å². The van der Waals surface area contributed by atoms with Gasteiger partial charge in [0.15, 0.2) is 0 Å². The Kier molecular flexibility index (Phi) is 7.42. The number of benzene rings is 6. The van der Waals surface area contributed by atoms with E-state index in [0.717, 1.165) is 83.5 Å². The van der Waals surface area contributed by atoms with Gasteiger partial charge in [0.25, 0.3) is 0 Å². The highest BCUT2D eigenvalue weighted by atomic mass is 15.0. The van der Waals surface area contributed by atoms with Gasteiger partial charge < -0.3 is 9.13 Å². The molecule has 0 aliphatic rings. The summed E-state index contributed by atoms with van der Waals surface area (Å²) < 4.78 is 4.74. The van der Waals surface area contributed by atoms with Crippen LogP contribution in [0.5, 0.6) is 0 Å². The summed E-state index contributed by atoms with van der Waals surface area (Å²) in [5, 5.41) is 3.57. The second kappa shape index (κ2) is 13.0. The lowest BCUT2D eigenvalue weighted by Gasteiger charge is -2.13. The van der Waals surface area contributed by atoms with Gasteiger partial charge in [-0.25, -0.2) is 0 Å². The minimum Gasteiger partial charge on any atom is -0.309 e. The van der Waals surface area contributed by atoms with E-state index in [1.54, 1.807) is 0 Å². The Bertz CT molecular complexity index is 3180. The maximum Gasteiger partial charge on any atom is 0.0963 e. The molecule has 5 heterocycles. The van der Waals surface area contributed by atoms with Crippen LogP contribution in [0.4, 0.5) is 0 Å². The van der Waals surface area contributed by atoms with Crippen molar-refractivity contribution in [1.29, 1.82) is 0 Å². The predicted molar refractivity (Wildman–Crippen MR) is 230 cm³/mol. The van der Waals surface area contributed by atoms with Crippen LogP contribution in [-0.4, -0.2) is 24.1 Å². The molecule has 5 heteroatoms. The Hall–Kier alpha value is -7.63. The summed E-state index contributed by atoms with van der Waals surface area (Å²) in [6, 6.07) is 64.6. The molecule has 5 aromatic heterocycles. The number of hydrogen-bond acceptors (Lipinski definition) is 3. The van der Waals surface area contributed by atoms with Crippen molar-refractivity contribution in [2.75, 3.05) is 0 Å². The lowest BCUT2D eigenvalue weighted by Crippen LogP contribution is -1.95. The van der Waals surface area contributed by atoms with Gasteiger partial charge in [0, 0.05) is 57.3 Å². The molecule has 0 bridgehead atoms. The van der Waals surface area contributed by atoms with Crippen molar-refractivity contribution in [3.8, 4) is 56.1 Å². The monoisotopic (exact) mass is 715 g/mol. The average Bonchev–Trinajstić information content (AvgIpc) is 3.80. The Morgan fingerprint density at radius 2 is 0.964 bits per heavy atom. The van der Waals surface area contributed by atoms with E-state index in [1.807, 2.05) is 48.9 Å². The summed E-state index contributed by atoms with van der Waals surface area (Å²) in [5.74, 6) is 0. The van der Waals surface area contributed by atoms with Crippen molar-refractivity contribution in [2.45, 2.75) is 0 Å². The maximum atomic E-state index is 4.82. The second-order valence-corrected chi connectivity index (χ2v) is 14.1. The molecular formula is C51H33N5. The first kappa shape index (κ1) is 31.9. The van der Waals surface area contributed by atoms with E-state index in [0.29, 0.717) is 0 Å². The fourth-order valence-electron chi connectivity index (χ4n) is 8.37. The second-order valence-electron chi connectivity index (χ2n) is 14.1. The zero-order valence-electron chi connectivity index (χ0n) is 30.3. The summed E-state index contributed by atoms with van der Waals surface area (Å²) in [4.78, 5) is 14.2. The first-order valence-corrected chi connectivity index (χ1v) is 18.8. The summed E-state index contributed by atoms with van der Waals surface area (Å²) in [6.07, 6.45) is 5.57. The Labute approximate surface area is 323 Å². The number of fused-ring (bicyclic) bond motifs is 6. The minimum atomic E-state index is 0.927. The highest BCUT2D eigenvalue weighted by Gasteiger charge is 2.19. The molecule has 0 aliphatic carbocycles. The van der Waals surface area contributed by atoms with E-state index in [-0.39, 0.29) is 0 Å². The smallest absolute Gasteiger partial charge is 0.0963 e. The van der Waals surface area contributed by atoms with Crippen molar-refractivity contribution in [3.05, 3.63) is 201 Å². The van der Waals surface area contributed by atoms with Gasteiger partial charge in [-0.3, -0.25) is 15.0 Å². The van der Waals surface area contributed by atoms with Crippen LogP contribution < -0.4 is 0 Å². The van der Waals surface area contributed by atoms with Crippen LogP contribution in [-0.2, 0) is 0 Å². The molecule has 0 fully saturated rings. The zero-order valence-corrected chi connectivity index (χ0v) is 30.3. The summed E-state index contributed by atoms with van der Waals surface area (Å²) in [5.41, 5.74) is 16.3. The number of aromatic nitrogens is 5. The maximum absolute atomic E-state index is 4.82. The van der Waals surface area contributed by atoms with Gasteiger partial charge in [-0.2, -0.15) is 0 Å². The molecule has 0 unspecified atom stereocenters. The van der Waals surface area contributed by atoms with Gasteiger partial charge in [-0.1, -0.05) is 78.9 Å². The molecule has 262 valence electrons. The van der Waals surface area contributed by atoms with E-state index >= 15 is 0 Å². The molecular weight excluding hydrogens is 683 g/mol. The third-order valence-corrected chi connectivity index (χ3v) is 10.8. The Morgan fingerprint density at radius 1 is 0.321 bits per heavy atom. The molecule has 0 N–H and O–H groups in total. The average molecular weight is 716 g/mol. The Balaban J connectivity index is 1.10. The summed E-state index contributed by atoms with van der Waals surface area (Å²) in [7, 11) is 0. The number of pyridine rings is 3. The number of para-hydroxylation sites is 2. The molecule has 11 aromatic rings. The van der Waals surface area contributed by atoms with Crippen molar-refractivity contribution in [2.24, 2.45) is 0 Å². The topological polar surface area (TPSA) is 48.5 Å². The van der Waals surface area contributed by atoms with E-state index in [4.69, 9.17) is 15.0 Å². The van der Waals surface area contributed by atoms with Crippen LogP contribution >= 0.6 is 0 Å². The fourth-order valence-corrected chi connectivity index (χ4v) is 8.37. The quantitative estimate of drug-likeness (QED) is 0.172. The van der Waals surface area contributed by atoms with Crippen LogP contribution in [0.3, 0.4) is 0 Å². The van der Waals surface area contributed by atoms with Crippen molar-refractivity contribution in [1.82, 2.24) is 24.1 Å². The Morgan fingerprint density at radius 3 is 1.75 bits per heavy atom. The van der Waals surface area contributed by atoms with Crippen LogP contribution in [0, 0.1) is 0 Å². The predicted octanol–water partition coefficient (Wildman–Crippen LogP) is 12.7. The normalized spacial score (nSPS) is 11.6. The van der Waals surface area contributed by atoms with Crippen molar-refractivity contribution < 1.29 is 0 Å². The van der Waals surface area contributed by atoms with Crippen LogP contribution in [0.2, 0.25) is 0 Å². The third-order valence-electron chi connectivity index (χ3n) is 10.8. The van der Waals surface area contributed by atoms with Crippen LogP contribution in [0.1, 0.15) is 0 Å². The fraction of sp³-hybridized carbons (Fsp3) is 0. The van der Waals surface area contributed by atoms with Crippen LogP contribution in [0.15, 0.2) is 201 Å². The van der Waals surface area contributed by atoms with Gasteiger partial charge in [-0.15, -0.1) is 0 Å². The molecule has 0 atom stereocenters. The van der Waals surface area contributed by atoms with E-state index < -0.39 is 0 Å². The number of hydrogen-bond donors (Lipinski definition) is 0. The van der Waals surface area contributed by atoms with Crippen molar-refractivity contribution >= 4 is 43.7 Å². The van der Waals surface area contributed by atoms with E-state index in [9.17, 15) is 0 Å². The minimum absolute atomic E-state index is 0.927. The third kappa shape index (κ3) is 5.21. The van der Waals surface area contributed by atoms with E-state index in [1.165, 1.54) is 16.3 Å². The highest BCUT2D eigenvalue weighted by Crippen LogP contribution is 2.41. The lowest BCUT2D eigenvalue weighted by atomic mass is 9.96. The van der Waals surface area contributed by atoms with Gasteiger partial charge in [0.05, 0.1) is 39.0 Å². The molecule has 56 heavy (non-hydrogen) atoms.